The van der Waals surface area contributed by atoms with Crippen molar-refractivity contribution in [2.24, 2.45) is 0 Å². The second kappa shape index (κ2) is 8.88. The van der Waals surface area contributed by atoms with Gasteiger partial charge >= 0.3 is 5.97 Å². The Morgan fingerprint density at radius 3 is 2.65 bits per heavy atom. The third-order valence-electron chi connectivity index (χ3n) is 4.06. The van der Waals surface area contributed by atoms with Crippen LogP contribution in [0.1, 0.15) is 55.2 Å². The first-order valence-electron chi connectivity index (χ1n) is 8.54. The Morgan fingerprint density at radius 2 is 2.00 bits per heavy atom. The summed E-state index contributed by atoms with van der Waals surface area (Å²) in [4.78, 5) is 41.3. The number of thiol groups is 1. The van der Waals surface area contributed by atoms with Crippen molar-refractivity contribution >= 4 is 30.2 Å². The summed E-state index contributed by atoms with van der Waals surface area (Å²) in [5.41, 5.74) is -0.139. The molecule has 2 N–H and O–H groups in total. The van der Waals surface area contributed by atoms with Gasteiger partial charge in [-0.15, -0.1) is 12.6 Å². The zero-order valence-corrected chi connectivity index (χ0v) is 15.8. The maximum atomic E-state index is 13.1. The zero-order chi connectivity index (χ0) is 19.3. The van der Waals surface area contributed by atoms with Crippen molar-refractivity contribution < 1.29 is 19.4 Å². The Balaban J connectivity index is 2.60. The molecule has 1 aromatic rings. The van der Waals surface area contributed by atoms with Crippen LogP contribution in [0.25, 0.3) is 5.70 Å². The molecule has 0 spiro atoms. The van der Waals surface area contributed by atoms with Crippen molar-refractivity contribution in [1.29, 1.82) is 0 Å². The van der Waals surface area contributed by atoms with E-state index in [1.54, 1.807) is 13.8 Å². The molecule has 9 heteroatoms. The third-order valence-corrected chi connectivity index (χ3v) is 4.54. The van der Waals surface area contributed by atoms with Crippen LogP contribution in [0.3, 0.4) is 0 Å². The minimum Gasteiger partial charge on any atom is -0.480 e. The number of rotatable bonds is 6. The number of aryl methyl sites for hydroxylation is 1. The van der Waals surface area contributed by atoms with E-state index in [4.69, 9.17) is 9.84 Å². The number of carbonyl (C=O) groups is 2. The van der Waals surface area contributed by atoms with Crippen LogP contribution in [-0.2, 0) is 4.79 Å². The third kappa shape index (κ3) is 4.46. The number of hydrogen-bond acceptors (Lipinski definition) is 6. The Bertz CT molecular complexity index is 800. The number of amides is 1. The van der Waals surface area contributed by atoms with Gasteiger partial charge in [-0.1, -0.05) is 6.42 Å². The summed E-state index contributed by atoms with van der Waals surface area (Å²) < 4.78 is 6.75. The lowest BCUT2D eigenvalue weighted by Gasteiger charge is -2.18. The molecular weight excluding hydrogens is 358 g/mol. The van der Waals surface area contributed by atoms with Crippen LogP contribution in [0.2, 0.25) is 0 Å². The van der Waals surface area contributed by atoms with Crippen LogP contribution in [-0.4, -0.2) is 39.7 Å². The molecule has 26 heavy (non-hydrogen) atoms. The second-order valence-corrected chi connectivity index (χ2v) is 6.48. The summed E-state index contributed by atoms with van der Waals surface area (Å²) in [5, 5.41) is 11.0. The van der Waals surface area contributed by atoms with Crippen LogP contribution < -0.4 is 15.6 Å². The van der Waals surface area contributed by atoms with E-state index in [1.165, 1.54) is 4.57 Å². The number of carbonyl (C=O) groups excluding carboxylic acids is 1. The lowest BCUT2D eigenvalue weighted by Crippen LogP contribution is -2.37. The fourth-order valence-electron chi connectivity index (χ4n) is 2.89. The number of aliphatic carboxylic acids is 1. The first-order chi connectivity index (χ1) is 12.4. The van der Waals surface area contributed by atoms with E-state index < -0.39 is 24.0 Å². The number of nitrogens with one attached hydrogen (secondary N) is 1. The van der Waals surface area contributed by atoms with Crippen molar-refractivity contribution in [3.8, 4) is 5.88 Å². The van der Waals surface area contributed by atoms with E-state index in [0.717, 1.165) is 36.3 Å². The molecule has 0 bridgehead atoms. The number of aromatic nitrogens is 2. The van der Waals surface area contributed by atoms with Crippen LogP contribution in [0.15, 0.2) is 9.70 Å². The fraction of sp³-hybridized carbons (Fsp3) is 0.529. The quantitative estimate of drug-likeness (QED) is 0.649. The van der Waals surface area contributed by atoms with Gasteiger partial charge in [0.2, 0.25) is 5.88 Å². The van der Waals surface area contributed by atoms with E-state index in [-0.39, 0.29) is 18.1 Å². The SMILES string of the molecule is CCOc1nc(C)n(C2=C(S)CCCCC2)c(=O)c1C(=O)NCC(=O)O. The lowest BCUT2D eigenvalue weighted by atomic mass is 10.2. The van der Waals surface area contributed by atoms with Crippen molar-refractivity contribution in [3.05, 3.63) is 26.6 Å². The minimum atomic E-state index is -1.21. The summed E-state index contributed by atoms with van der Waals surface area (Å²) in [6.07, 6.45) is 4.37. The maximum Gasteiger partial charge on any atom is 0.322 e. The number of allylic oxidation sites excluding steroid dienone is 2. The summed E-state index contributed by atoms with van der Waals surface area (Å²) in [6, 6.07) is 0. The minimum absolute atomic E-state index is 0.0934. The highest BCUT2D eigenvalue weighted by Gasteiger charge is 2.25. The molecule has 0 radical (unpaired) electrons. The molecule has 0 aromatic carbocycles. The maximum absolute atomic E-state index is 13.1. The van der Waals surface area contributed by atoms with E-state index in [1.807, 2.05) is 0 Å². The second-order valence-electron chi connectivity index (χ2n) is 5.94. The number of carboxylic acid groups (broad SMARTS) is 1. The van der Waals surface area contributed by atoms with Gasteiger partial charge in [0.1, 0.15) is 12.4 Å². The number of carboxylic acids is 1. The molecule has 0 saturated carbocycles. The Kier molecular flexibility index (Phi) is 6.84. The van der Waals surface area contributed by atoms with Crippen LogP contribution in [0.4, 0.5) is 0 Å². The van der Waals surface area contributed by atoms with E-state index in [9.17, 15) is 14.4 Å². The molecule has 1 heterocycles. The molecular formula is C17H23N3O5S. The van der Waals surface area contributed by atoms with Gasteiger partial charge in [0.15, 0.2) is 5.56 Å². The summed E-state index contributed by atoms with van der Waals surface area (Å²) in [7, 11) is 0. The largest absolute Gasteiger partial charge is 0.480 e. The van der Waals surface area contributed by atoms with Gasteiger partial charge in [-0.2, -0.15) is 4.98 Å². The van der Waals surface area contributed by atoms with Crippen molar-refractivity contribution in [2.75, 3.05) is 13.2 Å². The van der Waals surface area contributed by atoms with Gasteiger partial charge in [-0.3, -0.25) is 19.0 Å². The van der Waals surface area contributed by atoms with Gasteiger partial charge in [0.25, 0.3) is 11.5 Å². The molecule has 0 aliphatic heterocycles. The van der Waals surface area contributed by atoms with E-state index >= 15 is 0 Å². The van der Waals surface area contributed by atoms with Gasteiger partial charge in [-0.25, -0.2) is 0 Å². The normalized spacial score (nSPS) is 14.7. The average Bonchev–Trinajstić information content (AvgIpc) is 2.78. The van der Waals surface area contributed by atoms with Crippen LogP contribution in [0.5, 0.6) is 5.88 Å². The predicted molar refractivity (Wildman–Crippen MR) is 99.7 cm³/mol. The Hall–Kier alpha value is -2.29. The standard InChI is InChI=1S/C17H23N3O5S/c1-3-25-16-14(15(23)18-9-13(21)22)17(24)20(10(2)19-16)11-7-5-4-6-8-12(11)26/h26H,3-9H2,1-2H3,(H,18,23)(H,21,22). The highest BCUT2D eigenvalue weighted by molar-refractivity contribution is 7.84. The molecule has 1 aromatic heterocycles. The Labute approximate surface area is 156 Å². The number of hydrogen-bond donors (Lipinski definition) is 3. The predicted octanol–water partition coefficient (Wildman–Crippen LogP) is 1.83. The van der Waals surface area contributed by atoms with E-state index in [2.05, 4.69) is 22.9 Å². The molecule has 0 unspecified atom stereocenters. The monoisotopic (exact) mass is 381 g/mol. The first kappa shape index (κ1) is 20.0. The van der Waals surface area contributed by atoms with Gasteiger partial charge in [0.05, 0.1) is 6.61 Å². The topological polar surface area (TPSA) is 111 Å². The van der Waals surface area contributed by atoms with Crippen molar-refractivity contribution in [1.82, 2.24) is 14.9 Å². The smallest absolute Gasteiger partial charge is 0.322 e. The molecule has 1 amide bonds. The van der Waals surface area contributed by atoms with Crippen LogP contribution in [0, 0.1) is 6.92 Å². The van der Waals surface area contributed by atoms with Gasteiger partial charge in [-0.05, 0) is 39.5 Å². The number of ether oxygens (including phenoxy) is 1. The molecule has 0 saturated heterocycles. The average molecular weight is 381 g/mol. The highest BCUT2D eigenvalue weighted by Crippen LogP contribution is 2.29. The lowest BCUT2D eigenvalue weighted by molar-refractivity contribution is -0.135. The summed E-state index contributed by atoms with van der Waals surface area (Å²) >= 11 is 4.54. The summed E-state index contributed by atoms with van der Waals surface area (Å²) in [5.74, 6) is -1.72. The molecule has 1 aliphatic carbocycles. The number of nitrogens with zero attached hydrogens (tertiary/aromatic N) is 2. The fourth-order valence-corrected chi connectivity index (χ4v) is 3.26. The molecule has 0 atom stereocenters. The molecule has 0 fully saturated rings. The zero-order valence-electron chi connectivity index (χ0n) is 14.9. The summed E-state index contributed by atoms with van der Waals surface area (Å²) in [6.45, 7) is 3.00. The van der Waals surface area contributed by atoms with Gasteiger partial charge in [0, 0.05) is 10.6 Å². The molecule has 1 aliphatic rings. The molecule has 8 nitrogen and oxygen atoms in total. The molecule has 2 rings (SSSR count). The first-order valence-corrected chi connectivity index (χ1v) is 8.99. The van der Waals surface area contributed by atoms with Crippen molar-refractivity contribution in [3.63, 3.8) is 0 Å². The van der Waals surface area contributed by atoms with Gasteiger partial charge < -0.3 is 15.2 Å². The van der Waals surface area contributed by atoms with Crippen LogP contribution >= 0.6 is 12.6 Å². The molecule has 142 valence electrons. The Morgan fingerprint density at radius 1 is 1.31 bits per heavy atom. The highest BCUT2D eigenvalue weighted by atomic mass is 32.1. The van der Waals surface area contributed by atoms with E-state index in [0.29, 0.717) is 12.2 Å². The van der Waals surface area contributed by atoms with Crippen molar-refractivity contribution in [2.45, 2.75) is 46.0 Å².